The summed E-state index contributed by atoms with van der Waals surface area (Å²) in [6, 6.07) is 11.9. The molecule has 198 valence electrons. The monoisotopic (exact) mass is 514 g/mol. The van der Waals surface area contributed by atoms with Crippen LogP contribution in [0.1, 0.15) is 38.7 Å². The van der Waals surface area contributed by atoms with Gasteiger partial charge in [0.1, 0.15) is 5.82 Å². The van der Waals surface area contributed by atoms with Gasteiger partial charge in [-0.3, -0.25) is 10.0 Å². The van der Waals surface area contributed by atoms with Crippen molar-refractivity contribution in [3.63, 3.8) is 0 Å². The summed E-state index contributed by atoms with van der Waals surface area (Å²) in [7, 11) is 0. The summed E-state index contributed by atoms with van der Waals surface area (Å²) >= 11 is 0. The summed E-state index contributed by atoms with van der Waals surface area (Å²) in [5, 5.41) is 32.7. The van der Waals surface area contributed by atoms with Crippen LogP contribution in [0.2, 0.25) is 0 Å². The second-order valence-corrected chi connectivity index (χ2v) is 9.46. The molecule has 3 aromatic rings. The molecule has 2 amide bonds. The number of rotatable bonds is 11. The molecule has 1 heterocycles. The second kappa shape index (κ2) is 12.5. The number of carbonyl (C=O) groups excluding carboxylic acids is 2. The maximum atomic E-state index is 14.4. The maximum absolute atomic E-state index is 14.4. The first-order valence-electron chi connectivity index (χ1n) is 11.8. The van der Waals surface area contributed by atoms with Gasteiger partial charge in [-0.2, -0.15) is 0 Å². The fourth-order valence-corrected chi connectivity index (χ4v) is 3.88. The van der Waals surface area contributed by atoms with Crippen LogP contribution >= 0.6 is 0 Å². The topological polar surface area (TPSA) is 154 Å². The molecule has 11 heteroatoms. The Morgan fingerprint density at radius 2 is 1.78 bits per heavy atom. The van der Waals surface area contributed by atoms with Gasteiger partial charge in [0, 0.05) is 5.92 Å². The number of para-hydroxylation sites is 2. The molecular weight excluding hydrogens is 483 g/mol. The van der Waals surface area contributed by atoms with Crippen LogP contribution in [0.5, 0.6) is 5.88 Å². The van der Waals surface area contributed by atoms with E-state index in [1.807, 2.05) is 0 Å². The fraction of sp³-hybridized carbons (Fsp3) is 0.385. The molecule has 3 atom stereocenters. The van der Waals surface area contributed by atoms with Gasteiger partial charge < -0.3 is 20.3 Å². The number of nitrogens with zero attached hydrogens (tertiary/aromatic N) is 2. The minimum absolute atomic E-state index is 0.0713. The Labute approximate surface area is 213 Å². The van der Waals surface area contributed by atoms with Crippen molar-refractivity contribution < 1.29 is 34.1 Å². The quantitative estimate of drug-likeness (QED) is 0.193. The number of amides is 2. The van der Waals surface area contributed by atoms with Crippen LogP contribution in [0.15, 0.2) is 54.7 Å². The number of halogens is 1. The number of ether oxygens (including phenoxy) is 1. The van der Waals surface area contributed by atoms with E-state index in [0.29, 0.717) is 11.0 Å². The van der Waals surface area contributed by atoms with Gasteiger partial charge >= 0.3 is 6.09 Å². The number of carbonyl (C=O) groups is 2. The summed E-state index contributed by atoms with van der Waals surface area (Å²) in [4.78, 5) is 33.3. The van der Waals surface area contributed by atoms with E-state index in [-0.39, 0.29) is 37.1 Å². The smallest absolute Gasteiger partial charge is 0.391 e. The first-order chi connectivity index (χ1) is 17.6. The zero-order chi connectivity index (χ0) is 27.0. The minimum Gasteiger partial charge on any atom is -0.391 e. The highest BCUT2D eigenvalue weighted by Gasteiger charge is 2.30. The van der Waals surface area contributed by atoms with Crippen molar-refractivity contribution in [1.29, 1.82) is 0 Å². The number of nitrogens with one attached hydrogen (secondary N) is 2. The van der Waals surface area contributed by atoms with Crippen LogP contribution in [-0.2, 0) is 11.2 Å². The molecule has 1 aromatic heterocycles. The van der Waals surface area contributed by atoms with E-state index < -0.39 is 41.5 Å². The third kappa shape index (κ3) is 8.45. The van der Waals surface area contributed by atoms with E-state index in [0.717, 1.165) is 0 Å². The molecule has 0 unspecified atom stereocenters. The summed E-state index contributed by atoms with van der Waals surface area (Å²) < 4.78 is 19.6. The summed E-state index contributed by atoms with van der Waals surface area (Å²) in [5.74, 6) is -2.24. The van der Waals surface area contributed by atoms with Gasteiger partial charge in [0.2, 0.25) is 11.8 Å². The van der Waals surface area contributed by atoms with Gasteiger partial charge in [-0.15, -0.1) is 0 Å². The van der Waals surface area contributed by atoms with Crippen molar-refractivity contribution in [1.82, 2.24) is 20.8 Å². The lowest BCUT2D eigenvalue weighted by atomic mass is 9.87. The molecule has 0 spiro atoms. The molecule has 0 bridgehead atoms. The van der Waals surface area contributed by atoms with Gasteiger partial charge in [0.15, 0.2) is 0 Å². The number of aliphatic hydroxyl groups excluding tert-OH is 1. The third-order valence-electron chi connectivity index (χ3n) is 5.90. The second-order valence-electron chi connectivity index (χ2n) is 9.46. The van der Waals surface area contributed by atoms with E-state index in [2.05, 4.69) is 15.3 Å². The largest absolute Gasteiger partial charge is 0.414 e. The zero-order valence-electron chi connectivity index (χ0n) is 20.6. The lowest BCUT2D eigenvalue weighted by Gasteiger charge is -2.28. The summed E-state index contributed by atoms with van der Waals surface area (Å²) in [6.45, 7) is 3.15. The molecule has 0 aliphatic heterocycles. The van der Waals surface area contributed by atoms with Gasteiger partial charge in [0.25, 0.3) is 0 Å². The Bertz CT molecular complexity index is 1220. The molecule has 0 aliphatic rings. The van der Waals surface area contributed by atoms with Crippen molar-refractivity contribution in [3.05, 3.63) is 66.1 Å². The van der Waals surface area contributed by atoms with Crippen molar-refractivity contribution >= 4 is 23.0 Å². The lowest BCUT2D eigenvalue weighted by Crippen LogP contribution is -2.47. The van der Waals surface area contributed by atoms with Crippen LogP contribution in [-0.4, -0.2) is 55.1 Å². The molecule has 0 aliphatic carbocycles. The molecule has 37 heavy (non-hydrogen) atoms. The Morgan fingerprint density at radius 3 is 2.46 bits per heavy atom. The molecule has 10 nitrogen and oxygen atoms in total. The van der Waals surface area contributed by atoms with Crippen LogP contribution in [0.3, 0.4) is 0 Å². The Hall–Kier alpha value is -3.67. The molecule has 0 saturated carbocycles. The fourth-order valence-electron chi connectivity index (χ4n) is 3.88. The van der Waals surface area contributed by atoms with E-state index in [9.17, 15) is 24.2 Å². The number of fused-ring (bicyclic) bond motifs is 1. The van der Waals surface area contributed by atoms with Gasteiger partial charge in [0.05, 0.1) is 35.0 Å². The minimum atomic E-state index is -1.33. The first kappa shape index (κ1) is 27.9. The first-order valence-corrected chi connectivity index (χ1v) is 11.8. The number of benzene rings is 2. The Morgan fingerprint density at radius 1 is 1.11 bits per heavy atom. The van der Waals surface area contributed by atoms with Gasteiger partial charge in [-0.1, -0.05) is 30.3 Å². The van der Waals surface area contributed by atoms with Crippen LogP contribution in [0.4, 0.5) is 9.18 Å². The van der Waals surface area contributed by atoms with Crippen molar-refractivity contribution in [2.45, 2.75) is 57.3 Å². The van der Waals surface area contributed by atoms with Crippen molar-refractivity contribution in [2.24, 2.45) is 5.92 Å². The summed E-state index contributed by atoms with van der Waals surface area (Å²) in [6.07, 6.45) is -0.933. The number of hydroxylamine groups is 1. The van der Waals surface area contributed by atoms with Crippen molar-refractivity contribution in [3.8, 4) is 5.88 Å². The molecule has 0 radical (unpaired) electrons. The van der Waals surface area contributed by atoms with Gasteiger partial charge in [-0.05, 0) is 63.3 Å². The Balaban J connectivity index is 1.77. The van der Waals surface area contributed by atoms with E-state index in [1.165, 1.54) is 24.4 Å². The Kier molecular flexibility index (Phi) is 9.45. The lowest BCUT2D eigenvalue weighted by molar-refractivity contribution is -0.135. The number of hydrogen-bond donors (Lipinski definition) is 5. The number of aromatic nitrogens is 2. The zero-order valence-corrected chi connectivity index (χ0v) is 20.6. The van der Waals surface area contributed by atoms with E-state index in [1.54, 1.807) is 49.7 Å². The van der Waals surface area contributed by atoms with Gasteiger partial charge in [-0.25, -0.2) is 24.6 Å². The van der Waals surface area contributed by atoms with E-state index >= 15 is 0 Å². The van der Waals surface area contributed by atoms with Crippen LogP contribution < -0.4 is 15.5 Å². The average Bonchev–Trinajstić information content (AvgIpc) is 2.86. The normalized spacial score (nSPS) is 14.0. The summed E-state index contributed by atoms with van der Waals surface area (Å²) in [5.41, 5.74) is 1.86. The average molecular weight is 515 g/mol. The SMILES string of the molecule is CC(C)(O)CC[C@H](C[C@H](O)[C@H](Cc1ccccc1F)NC(=O)Oc1cnc2ccccc2n1)C(=O)NO. The molecular formula is C26H31FN4O6. The molecule has 5 N–H and O–H groups in total. The molecule has 0 fully saturated rings. The third-order valence-corrected chi connectivity index (χ3v) is 5.90. The maximum Gasteiger partial charge on any atom is 0.414 e. The standard InChI is InChI=1S/C26H31FN4O6/c1-26(2,35)12-11-17(24(33)31-36)14-22(32)21(13-16-7-3-4-8-18(16)27)30-25(34)37-23-15-28-19-9-5-6-10-20(19)29-23/h3-10,15,17,21-22,32,35-36H,11-14H2,1-2H3,(H,30,34)(H,31,33)/t17-,21+,22+/m1/s1. The highest BCUT2D eigenvalue weighted by Crippen LogP contribution is 2.23. The van der Waals surface area contributed by atoms with Crippen LogP contribution in [0.25, 0.3) is 11.0 Å². The van der Waals surface area contributed by atoms with Crippen molar-refractivity contribution in [2.75, 3.05) is 0 Å². The molecule has 0 saturated heterocycles. The van der Waals surface area contributed by atoms with Crippen LogP contribution in [0, 0.1) is 11.7 Å². The number of aliphatic hydroxyl groups is 2. The predicted octanol–water partition coefficient (Wildman–Crippen LogP) is 2.89. The number of hydrogen-bond acceptors (Lipinski definition) is 8. The predicted molar refractivity (Wildman–Crippen MR) is 132 cm³/mol. The van der Waals surface area contributed by atoms with E-state index in [4.69, 9.17) is 9.94 Å². The highest BCUT2D eigenvalue weighted by molar-refractivity contribution is 5.77. The molecule has 3 rings (SSSR count). The molecule has 2 aromatic carbocycles. The highest BCUT2D eigenvalue weighted by atomic mass is 19.1.